The first kappa shape index (κ1) is 10.7. The molecule has 1 aromatic carbocycles. The molecule has 0 unspecified atom stereocenters. The van der Waals surface area contributed by atoms with Gasteiger partial charge in [-0.05, 0) is 12.1 Å². The van der Waals surface area contributed by atoms with Gasteiger partial charge < -0.3 is 11.5 Å². The number of benzene rings is 1. The van der Waals surface area contributed by atoms with E-state index in [0.717, 1.165) is 0 Å². The molecule has 2 rings (SSSR count). The molecule has 0 saturated heterocycles. The molecule has 84 valence electrons. The molecule has 2 aromatic rings. The fourth-order valence-corrected chi connectivity index (χ4v) is 1.48. The zero-order valence-corrected chi connectivity index (χ0v) is 8.79. The van der Waals surface area contributed by atoms with E-state index in [1.54, 1.807) is 24.3 Å². The molecule has 1 heterocycles. The van der Waals surface area contributed by atoms with Crippen LogP contribution in [-0.2, 0) is 0 Å². The van der Waals surface area contributed by atoms with Gasteiger partial charge in [0, 0.05) is 0 Å². The van der Waals surface area contributed by atoms with Crippen molar-refractivity contribution in [3.05, 3.63) is 41.7 Å². The summed E-state index contributed by atoms with van der Waals surface area (Å²) in [4.78, 5) is 11.1. The maximum absolute atomic E-state index is 11.1. The van der Waals surface area contributed by atoms with E-state index < -0.39 is 5.91 Å². The molecule has 0 saturated carbocycles. The van der Waals surface area contributed by atoms with Crippen LogP contribution in [-0.4, -0.2) is 15.7 Å². The minimum Gasteiger partial charge on any atom is -0.394 e. The quantitative estimate of drug-likeness (QED) is 0.774. The summed E-state index contributed by atoms with van der Waals surface area (Å²) >= 11 is 0. The van der Waals surface area contributed by atoms with Gasteiger partial charge in [0.25, 0.3) is 5.91 Å². The van der Waals surface area contributed by atoms with Crippen molar-refractivity contribution in [2.45, 2.75) is 0 Å². The first-order valence-corrected chi connectivity index (χ1v) is 4.79. The maximum atomic E-state index is 11.1. The van der Waals surface area contributed by atoms with Crippen LogP contribution in [0.25, 0.3) is 5.69 Å². The Labute approximate surface area is 97.1 Å². The highest BCUT2D eigenvalue weighted by molar-refractivity contribution is 5.97. The SMILES string of the molecule is N#Cc1c(N)c(C(N)=O)nn1-c1ccccc1. The van der Waals surface area contributed by atoms with E-state index in [-0.39, 0.29) is 17.1 Å². The molecule has 4 N–H and O–H groups in total. The molecule has 0 atom stereocenters. The largest absolute Gasteiger partial charge is 0.394 e. The lowest BCUT2D eigenvalue weighted by atomic mass is 10.3. The smallest absolute Gasteiger partial charge is 0.271 e. The standard InChI is InChI=1S/C11H9N5O/c12-6-8-9(13)10(11(14)17)15-16(8)7-4-2-1-3-5-7/h1-5H,13H2,(H2,14,17). The molecule has 1 aromatic heterocycles. The number of hydrogen-bond acceptors (Lipinski definition) is 4. The van der Waals surface area contributed by atoms with Gasteiger partial charge in [-0.3, -0.25) is 4.79 Å². The van der Waals surface area contributed by atoms with Crippen molar-refractivity contribution in [1.82, 2.24) is 9.78 Å². The second-order valence-corrected chi connectivity index (χ2v) is 3.33. The van der Waals surface area contributed by atoms with E-state index in [2.05, 4.69) is 5.10 Å². The first-order chi connectivity index (χ1) is 8.15. The topological polar surface area (TPSA) is 111 Å². The Kier molecular flexibility index (Phi) is 2.51. The van der Waals surface area contributed by atoms with Crippen LogP contribution in [0.5, 0.6) is 0 Å². The molecular formula is C11H9N5O. The maximum Gasteiger partial charge on any atom is 0.271 e. The van der Waals surface area contributed by atoms with Crippen LogP contribution in [0.15, 0.2) is 30.3 Å². The van der Waals surface area contributed by atoms with E-state index >= 15 is 0 Å². The molecule has 6 nitrogen and oxygen atoms in total. The van der Waals surface area contributed by atoms with Gasteiger partial charge in [0.05, 0.1) is 5.69 Å². The van der Waals surface area contributed by atoms with Crippen LogP contribution in [0.3, 0.4) is 0 Å². The summed E-state index contributed by atoms with van der Waals surface area (Å²) in [5, 5.41) is 13.0. The number of nitriles is 1. The van der Waals surface area contributed by atoms with Crippen molar-refractivity contribution in [3.8, 4) is 11.8 Å². The Hall–Kier alpha value is -2.81. The lowest BCUT2D eigenvalue weighted by Gasteiger charge is -2.01. The molecular weight excluding hydrogens is 218 g/mol. The van der Waals surface area contributed by atoms with Gasteiger partial charge >= 0.3 is 0 Å². The second-order valence-electron chi connectivity index (χ2n) is 3.33. The van der Waals surface area contributed by atoms with Crippen molar-refractivity contribution in [2.75, 3.05) is 5.73 Å². The first-order valence-electron chi connectivity index (χ1n) is 4.79. The van der Waals surface area contributed by atoms with Gasteiger partial charge in [0.2, 0.25) is 0 Å². The third-order valence-electron chi connectivity index (χ3n) is 2.26. The summed E-state index contributed by atoms with van der Waals surface area (Å²) in [5.74, 6) is -0.756. The summed E-state index contributed by atoms with van der Waals surface area (Å²) in [6.07, 6.45) is 0. The molecule has 1 amide bonds. The monoisotopic (exact) mass is 227 g/mol. The minimum atomic E-state index is -0.756. The van der Waals surface area contributed by atoms with Gasteiger partial charge in [0.15, 0.2) is 11.4 Å². The van der Waals surface area contributed by atoms with E-state index in [9.17, 15) is 4.79 Å². The van der Waals surface area contributed by atoms with Gasteiger partial charge in [0.1, 0.15) is 11.8 Å². The number of nitrogen functional groups attached to an aromatic ring is 1. The van der Waals surface area contributed by atoms with Crippen LogP contribution in [0.1, 0.15) is 16.2 Å². The Morgan fingerprint density at radius 2 is 2.00 bits per heavy atom. The predicted octanol–water partition coefficient (Wildman–Crippen LogP) is 0.425. The summed E-state index contributed by atoms with van der Waals surface area (Å²) in [7, 11) is 0. The number of para-hydroxylation sites is 1. The Bertz CT molecular complexity index is 609. The molecule has 0 aliphatic carbocycles. The number of amides is 1. The van der Waals surface area contributed by atoms with Gasteiger partial charge in [-0.1, -0.05) is 18.2 Å². The molecule has 0 aliphatic heterocycles. The molecule has 0 bridgehead atoms. The van der Waals surface area contributed by atoms with E-state index in [1.807, 2.05) is 12.1 Å². The predicted molar refractivity (Wildman–Crippen MR) is 61.2 cm³/mol. The number of hydrogen-bond donors (Lipinski definition) is 2. The fraction of sp³-hybridized carbons (Fsp3) is 0. The number of rotatable bonds is 2. The number of anilines is 1. The highest BCUT2D eigenvalue weighted by Crippen LogP contribution is 2.19. The van der Waals surface area contributed by atoms with Crippen LogP contribution < -0.4 is 11.5 Å². The van der Waals surface area contributed by atoms with Gasteiger partial charge in [-0.25, -0.2) is 4.68 Å². The lowest BCUT2D eigenvalue weighted by molar-refractivity contribution is 0.0996. The number of carbonyl (C=O) groups excluding carboxylic acids is 1. The summed E-state index contributed by atoms with van der Waals surface area (Å²) < 4.78 is 1.30. The van der Waals surface area contributed by atoms with E-state index in [0.29, 0.717) is 5.69 Å². The summed E-state index contributed by atoms with van der Waals surface area (Å²) in [6.45, 7) is 0. The summed E-state index contributed by atoms with van der Waals surface area (Å²) in [5.41, 5.74) is 11.4. The van der Waals surface area contributed by atoms with Gasteiger partial charge in [-0.15, -0.1) is 0 Å². The lowest BCUT2D eigenvalue weighted by Crippen LogP contribution is -2.14. The molecule has 0 fully saturated rings. The number of aromatic nitrogens is 2. The second kappa shape index (κ2) is 3.98. The van der Waals surface area contributed by atoms with Crippen molar-refractivity contribution in [2.24, 2.45) is 5.73 Å². The van der Waals surface area contributed by atoms with Gasteiger partial charge in [-0.2, -0.15) is 10.4 Å². The minimum absolute atomic E-state index is 0.00357. The molecule has 0 spiro atoms. The highest BCUT2D eigenvalue weighted by Gasteiger charge is 2.19. The third kappa shape index (κ3) is 1.70. The summed E-state index contributed by atoms with van der Waals surface area (Å²) in [6, 6.07) is 10.8. The number of carbonyl (C=O) groups is 1. The molecule has 0 aliphatic rings. The van der Waals surface area contributed by atoms with Crippen molar-refractivity contribution >= 4 is 11.6 Å². The molecule has 17 heavy (non-hydrogen) atoms. The van der Waals surface area contributed by atoms with Crippen LogP contribution in [0, 0.1) is 11.3 Å². The van der Waals surface area contributed by atoms with Crippen molar-refractivity contribution in [1.29, 1.82) is 5.26 Å². The zero-order chi connectivity index (χ0) is 12.4. The van der Waals surface area contributed by atoms with Crippen molar-refractivity contribution < 1.29 is 4.79 Å². The zero-order valence-electron chi connectivity index (χ0n) is 8.79. The van der Waals surface area contributed by atoms with E-state index in [4.69, 9.17) is 16.7 Å². The molecule has 6 heteroatoms. The van der Waals surface area contributed by atoms with Crippen molar-refractivity contribution in [3.63, 3.8) is 0 Å². The normalized spacial score (nSPS) is 9.82. The van der Waals surface area contributed by atoms with Crippen LogP contribution in [0.2, 0.25) is 0 Å². The molecule has 0 radical (unpaired) electrons. The number of nitrogens with zero attached hydrogens (tertiary/aromatic N) is 3. The highest BCUT2D eigenvalue weighted by atomic mass is 16.1. The van der Waals surface area contributed by atoms with Crippen LogP contribution >= 0.6 is 0 Å². The van der Waals surface area contributed by atoms with Crippen LogP contribution in [0.4, 0.5) is 5.69 Å². The third-order valence-corrected chi connectivity index (χ3v) is 2.26. The number of primary amides is 1. The average Bonchev–Trinajstić information content (AvgIpc) is 2.67. The average molecular weight is 227 g/mol. The Morgan fingerprint density at radius 3 is 2.53 bits per heavy atom. The fourth-order valence-electron chi connectivity index (χ4n) is 1.48. The van der Waals surface area contributed by atoms with E-state index in [1.165, 1.54) is 4.68 Å². The Balaban J connectivity index is 2.68. The Morgan fingerprint density at radius 1 is 1.35 bits per heavy atom. The number of nitrogens with two attached hydrogens (primary N) is 2.